The highest BCUT2D eigenvalue weighted by Crippen LogP contribution is 2.22. The van der Waals surface area contributed by atoms with E-state index in [0.29, 0.717) is 6.54 Å². The van der Waals surface area contributed by atoms with Gasteiger partial charge in [0.25, 0.3) is 0 Å². The minimum Gasteiger partial charge on any atom is -0.434 e. The van der Waals surface area contributed by atoms with Gasteiger partial charge in [0.2, 0.25) is 0 Å². The molecule has 2 nitrogen and oxygen atoms in total. The second-order valence-corrected chi connectivity index (χ2v) is 5.88. The number of benzene rings is 1. The van der Waals surface area contributed by atoms with Crippen molar-refractivity contribution in [3.8, 4) is 5.75 Å². The molecule has 1 heterocycles. The third kappa shape index (κ3) is 4.02. The predicted octanol–water partition coefficient (Wildman–Crippen LogP) is 4.26. The lowest BCUT2D eigenvalue weighted by Gasteiger charge is -2.10. The van der Waals surface area contributed by atoms with E-state index in [2.05, 4.69) is 30.0 Å². The highest BCUT2D eigenvalue weighted by Gasteiger charge is 2.09. The molecule has 0 saturated carbocycles. The zero-order chi connectivity index (χ0) is 14.5. The smallest absolute Gasteiger partial charge is 0.387 e. The number of halogens is 2. The van der Waals surface area contributed by atoms with Crippen LogP contribution < -0.4 is 10.1 Å². The topological polar surface area (TPSA) is 21.3 Å². The molecule has 5 heteroatoms. The summed E-state index contributed by atoms with van der Waals surface area (Å²) in [5, 5.41) is 3.26. The minimum atomic E-state index is -2.79. The lowest BCUT2D eigenvalue weighted by Crippen LogP contribution is -2.13. The first-order valence-corrected chi connectivity index (χ1v) is 7.17. The monoisotopic (exact) mass is 297 g/mol. The van der Waals surface area contributed by atoms with Crippen molar-refractivity contribution >= 4 is 11.3 Å². The third-order valence-corrected chi connectivity index (χ3v) is 4.17. The molecule has 2 aromatic rings. The normalized spacial score (nSPS) is 11.1. The average molecular weight is 297 g/mol. The van der Waals surface area contributed by atoms with Crippen LogP contribution in [0.3, 0.4) is 0 Å². The molecule has 0 bridgehead atoms. The molecule has 0 atom stereocenters. The van der Waals surface area contributed by atoms with E-state index in [1.165, 1.54) is 15.3 Å². The number of ether oxygens (including phenoxy) is 1. The highest BCUT2D eigenvalue weighted by atomic mass is 32.1. The summed E-state index contributed by atoms with van der Waals surface area (Å²) in [6.45, 7) is 2.61. The van der Waals surface area contributed by atoms with Crippen molar-refractivity contribution in [2.45, 2.75) is 33.5 Å². The Labute approximate surface area is 121 Å². The molecule has 0 saturated heterocycles. The van der Waals surface area contributed by atoms with Gasteiger partial charge in [0, 0.05) is 28.4 Å². The molecule has 108 valence electrons. The number of para-hydroxylation sites is 1. The summed E-state index contributed by atoms with van der Waals surface area (Å²) in [6, 6.07) is 8.99. The van der Waals surface area contributed by atoms with Crippen LogP contribution in [0.4, 0.5) is 8.78 Å². The second-order valence-electron chi connectivity index (χ2n) is 4.54. The van der Waals surface area contributed by atoms with Crippen LogP contribution in [0.2, 0.25) is 0 Å². The van der Waals surface area contributed by atoms with Gasteiger partial charge in [-0.3, -0.25) is 0 Å². The Balaban J connectivity index is 1.93. The Morgan fingerprint density at radius 3 is 2.60 bits per heavy atom. The molecule has 0 aliphatic carbocycles. The number of hydrogen-bond donors (Lipinski definition) is 1. The number of alkyl halides is 2. The van der Waals surface area contributed by atoms with Gasteiger partial charge in [-0.1, -0.05) is 18.2 Å². The van der Waals surface area contributed by atoms with Crippen LogP contribution in [-0.4, -0.2) is 6.61 Å². The van der Waals surface area contributed by atoms with Gasteiger partial charge in [-0.25, -0.2) is 0 Å². The molecule has 0 unspecified atom stereocenters. The fourth-order valence-corrected chi connectivity index (χ4v) is 2.94. The van der Waals surface area contributed by atoms with Gasteiger partial charge in [-0.15, -0.1) is 11.3 Å². The standard InChI is InChI=1S/C15H17F2NOS/c1-10-7-13(20-11(10)2)9-18-8-12-5-3-4-6-14(12)19-15(16)17/h3-7,15,18H,8-9H2,1-2H3. The minimum absolute atomic E-state index is 0.230. The van der Waals surface area contributed by atoms with Gasteiger partial charge < -0.3 is 10.1 Å². The summed E-state index contributed by atoms with van der Waals surface area (Å²) in [6.07, 6.45) is 0. The van der Waals surface area contributed by atoms with Gasteiger partial charge in [0.05, 0.1) is 0 Å². The van der Waals surface area contributed by atoms with E-state index in [1.807, 2.05) is 6.07 Å². The van der Waals surface area contributed by atoms with Gasteiger partial charge in [-0.05, 0) is 31.5 Å². The quantitative estimate of drug-likeness (QED) is 0.860. The number of nitrogens with one attached hydrogen (secondary N) is 1. The van der Waals surface area contributed by atoms with Crippen molar-refractivity contribution in [2.24, 2.45) is 0 Å². The van der Waals surface area contributed by atoms with Crippen LogP contribution in [0.1, 0.15) is 20.9 Å². The maximum Gasteiger partial charge on any atom is 0.387 e. The molecule has 0 aliphatic rings. The molecule has 0 radical (unpaired) electrons. The van der Waals surface area contributed by atoms with Gasteiger partial charge >= 0.3 is 6.61 Å². The van der Waals surface area contributed by atoms with Crippen LogP contribution in [0, 0.1) is 13.8 Å². The maximum atomic E-state index is 12.3. The summed E-state index contributed by atoms with van der Waals surface area (Å²) >= 11 is 1.75. The third-order valence-electron chi connectivity index (χ3n) is 3.02. The van der Waals surface area contributed by atoms with E-state index in [4.69, 9.17) is 0 Å². The largest absolute Gasteiger partial charge is 0.434 e. The molecule has 1 N–H and O–H groups in total. The van der Waals surface area contributed by atoms with Crippen molar-refractivity contribution in [1.29, 1.82) is 0 Å². The second kappa shape index (κ2) is 6.81. The van der Waals surface area contributed by atoms with Crippen molar-refractivity contribution in [2.75, 3.05) is 0 Å². The van der Waals surface area contributed by atoms with Crippen molar-refractivity contribution in [3.05, 3.63) is 51.2 Å². The molecule has 0 spiro atoms. The lowest BCUT2D eigenvalue weighted by atomic mass is 10.2. The van der Waals surface area contributed by atoms with Gasteiger partial charge in [0.1, 0.15) is 5.75 Å². The predicted molar refractivity (Wildman–Crippen MR) is 77.4 cm³/mol. The summed E-state index contributed by atoms with van der Waals surface area (Å²) in [4.78, 5) is 2.55. The van der Waals surface area contributed by atoms with Crippen molar-refractivity contribution in [3.63, 3.8) is 0 Å². The van der Waals surface area contributed by atoms with Gasteiger partial charge in [-0.2, -0.15) is 8.78 Å². The fourth-order valence-electron chi connectivity index (χ4n) is 1.92. The van der Waals surface area contributed by atoms with Crippen molar-refractivity contribution < 1.29 is 13.5 Å². The Morgan fingerprint density at radius 2 is 1.95 bits per heavy atom. The van der Waals surface area contributed by atoms with Gasteiger partial charge in [0.15, 0.2) is 0 Å². The number of hydrogen-bond acceptors (Lipinski definition) is 3. The molecule has 20 heavy (non-hydrogen) atoms. The molecule has 0 amide bonds. The molecule has 0 aliphatic heterocycles. The number of thiophene rings is 1. The number of aryl methyl sites for hydroxylation is 2. The Bertz CT molecular complexity index is 549. The van der Waals surface area contributed by atoms with E-state index in [1.54, 1.807) is 29.5 Å². The van der Waals surface area contributed by atoms with E-state index in [9.17, 15) is 8.78 Å². The van der Waals surface area contributed by atoms with E-state index >= 15 is 0 Å². The Kier molecular flexibility index (Phi) is 5.09. The fraction of sp³-hybridized carbons (Fsp3) is 0.333. The first-order valence-electron chi connectivity index (χ1n) is 6.35. The maximum absolute atomic E-state index is 12.3. The molecular weight excluding hydrogens is 280 g/mol. The molecule has 2 rings (SSSR count). The molecule has 1 aromatic carbocycles. The van der Waals surface area contributed by atoms with E-state index < -0.39 is 6.61 Å². The van der Waals surface area contributed by atoms with Crippen LogP contribution in [-0.2, 0) is 13.1 Å². The average Bonchev–Trinajstić information content (AvgIpc) is 2.70. The number of rotatable bonds is 6. The summed E-state index contributed by atoms with van der Waals surface area (Å²) in [5.41, 5.74) is 2.02. The zero-order valence-corrected chi connectivity index (χ0v) is 12.3. The molecule has 0 fully saturated rings. The highest BCUT2D eigenvalue weighted by molar-refractivity contribution is 7.12. The van der Waals surface area contributed by atoms with Crippen LogP contribution in [0.15, 0.2) is 30.3 Å². The lowest BCUT2D eigenvalue weighted by molar-refractivity contribution is -0.0505. The summed E-state index contributed by atoms with van der Waals surface area (Å²) in [7, 11) is 0. The summed E-state index contributed by atoms with van der Waals surface area (Å²) in [5.74, 6) is 0.230. The Hall–Kier alpha value is -1.46. The molecule has 1 aromatic heterocycles. The first-order chi connectivity index (χ1) is 9.56. The summed E-state index contributed by atoms with van der Waals surface area (Å²) < 4.78 is 29.1. The van der Waals surface area contributed by atoms with E-state index in [0.717, 1.165) is 12.1 Å². The van der Waals surface area contributed by atoms with Crippen LogP contribution in [0.5, 0.6) is 5.75 Å². The molecular formula is C15H17F2NOS. The SMILES string of the molecule is Cc1cc(CNCc2ccccc2OC(F)F)sc1C. The van der Waals surface area contributed by atoms with Crippen molar-refractivity contribution in [1.82, 2.24) is 5.32 Å². The first kappa shape index (κ1) is 14.9. The Morgan fingerprint density at radius 1 is 1.20 bits per heavy atom. The zero-order valence-electron chi connectivity index (χ0n) is 11.5. The van der Waals surface area contributed by atoms with E-state index in [-0.39, 0.29) is 5.75 Å². The van der Waals surface area contributed by atoms with Crippen LogP contribution in [0.25, 0.3) is 0 Å². The van der Waals surface area contributed by atoms with Crippen LogP contribution >= 0.6 is 11.3 Å².